The number of rotatable bonds is 4. The van der Waals surface area contributed by atoms with E-state index in [9.17, 15) is 9.90 Å². The number of benzene rings is 1. The Hall–Kier alpha value is -2.16. The first kappa shape index (κ1) is 14.8. The summed E-state index contributed by atoms with van der Waals surface area (Å²) in [5.41, 5.74) is 3.62. The summed E-state index contributed by atoms with van der Waals surface area (Å²) in [4.78, 5) is 16.1. The number of carboxylic acid groups (broad SMARTS) is 1. The number of nitrogens with zero attached hydrogens (tertiary/aromatic N) is 1. The van der Waals surface area contributed by atoms with Gasteiger partial charge in [-0.05, 0) is 67.3 Å². The zero-order valence-electron chi connectivity index (χ0n) is 12.9. The van der Waals surface area contributed by atoms with Crippen LogP contribution in [0.3, 0.4) is 0 Å². The van der Waals surface area contributed by atoms with Crippen LogP contribution in [0.2, 0.25) is 0 Å². The monoisotopic (exact) mass is 295 g/mol. The van der Waals surface area contributed by atoms with E-state index in [1.165, 1.54) is 24.0 Å². The number of carbonyl (C=O) groups is 1. The average molecular weight is 295 g/mol. The van der Waals surface area contributed by atoms with Gasteiger partial charge in [-0.25, -0.2) is 0 Å². The van der Waals surface area contributed by atoms with Gasteiger partial charge in [-0.15, -0.1) is 0 Å². The van der Waals surface area contributed by atoms with Crippen molar-refractivity contribution >= 4 is 5.97 Å². The summed E-state index contributed by atoms with van der Waals surface area (Å²) in [5.74, 6) is -0.785. The van der Waals surface area contributed by atoms with Crippen molar-refractivity contribution in [2.75, 3.05) is 0 Å². The highest BCUT2D eigenvalue weighted by atomic mass is 16.4. The minimum absolute atomic E-state index is 0.453. The van der Waals surface area contributed by atoms with E-state index in [4.69, 9.17) is 0 Å². The zero-order valence-corrected chi connectivity index (χ0v) is 12.9. The summed E-state index contributed by atoms with van der Waals surface area (Å²) in [6.45, 7) is 1.81. The predicted octanol–water partition coefficient (Wildman–Crippen LogP) is 3.55. The van der Waals surface area contributed by atoms with Crippen LogP contribution in [0.1, 0.15) is 42.0 Å². The number of hydrogen-bond acceptors (Lipinski definition) is 2. The molecular formula is C19H21NO2. The molecule has 1 aliphatic carbocycles. The van der Waals surface area contributed by atoms with Crippen LogP contribution >= 0.6 is 0 Å². The second-order valence-corrected chi connectivity index (χ2v) is 6.37. The first-order valence-corrected chi connectivity index (χ1v) is 7.84. The molecule has 0 saturated heterocycles. The molecule has 1 aromatic carbocycles. The molecule has 1 aliphatic rings. The molecule has 1 heterocycles. The molecule has 3 nitrogen and oxygen atoms in total. The van der Waals surface area contributed by atoms with Gasteiger partial charge in [0.1, 0.15) is 0 Å². The summed E-state index contributed by atoms with van der Waals surface area (Å²) < 4.78 is 0. The van der Waals surface area contributed by atoms with Gasteiger partial charge in [-0.1, -0.05) is 24.3 Å². The van der Waals surface area contributed by atoms with Crippen molar-refractivity contribution in [1.82, 2.24) is 4.98 Å². The quantitative estimate of drug-likeness (QED) is 0.938. The molecule has 1 atom stereocenters. The van der Waals surface area contributed by atoms with E-state index in [1.54, 1.807) is 12.4 Å². The van der Waals surface area contributed by atoms with E-state index in [-0.39, 0.29) is 0 Å². The second kappa shape index (κ2) is 5.91. The second-order valence-electron chi connectivity index (χ2n) is 6.37. The molecule has 0 aliphatic heterocycles. The third kappa shape index (κ3) is 2.76. The van der Waals surface area contributed by atoms with Gasteiger partial charge in [0, 0.05) is 12.4 Å². The Morgan fingerprint density at radius 3 is 2.68 bits per heavy atom. The Morgan fingerprint density at radius 2 is 2.00 bits per heavy atom. The van der Waals surface area contributed by atoms with Gasteiger partial charge in [0.2, 0.25) is 0 Å². The van der Waals surface area contributed by atoms with Gasteiger partial charge in [0.15, 0.2) is 0 Å². The maximum absolute atomic E-state index is 12.0. The van der Waals surface area contributed by atoms with Crippen LogP contribution in [0.15, 0.2) is 42.7 Å². The Kier molecular flexibility index (Phi) is 3.97. The molecule has 114 valence electrons. The van der Waals surface area contributed by atoms with Gasteiger partial charge in [-0.2, -0.15) is 0 Å². The number of aromatic nitrogens is 1. The molecule has 3 heteroatoms. The van der Waals surface area contributed by atoms with E-state index in [2.05, 4.69) is 17.1 Å². The molecule has 3 rings (SSSR count). The molecule has 0 amide bonds. The Morgan fingerprint density at radius 1 is 1.23 bits per heavy atom. The highest BCUT2D eigenvalue weighted by Crippen LogP contribution is 2.32. The fourth-order valence-electron chi connectivity index (χ4n) is 3.29. The molecular weight excluding hydrogens is 274 g/mol. The van der Waals surface area contributed by atoms with Crippen LogP contribution < -0.4 is 0 Å². The predicted molar refractivity (Wildman–Crippen MR) is 86.0 cm³/mol. The van der Waals surface area contributed by atoms with Crippen molar-refractivity contribution in [2.24, 2.45) is 0 Å². The Labute approximate surface area is 131 Å². The maximum atomic E-state index is 12.0. The number of hydrogen-bond donors (Lipinski definition) is 1. The third-order valence-electron chi connectivity index (χ3n) is 4.74. The molecule has 0 fully saturated rings. The molecule has 22 heavy (non-hydrogen) atoms. The van der Waals surface area contributed by atoms with E-state index < -0.39 is 11.4 Å². The molecule has 1 N–H and O–H groups in total. The number of pyridine rings is 1. The van der Waals surface area contributed by atoms with Crippen LogP contribution in [-0.2, 0) is 29.5 Å². The van der Waals surface area contributed by atoms with Crippen LogP contribution in [0.4, 0.5) is 0 Å². The fraction of sp³-hybridized carbons (Fsp3) is 0.368. The van der Waals surface area contributed by atoms with E-state index in [0.717, 1.165) is 24.0 Å². The molecule has 0 saturated carbocycles. The lowest BCUT2D eigenvalue weighted by Crippen LogP contribution is -2.35. The number of aryl methyl sites for hydroxylation is 2. The van der Waals surface area contributed by atoms with E-state index in [0.29, 0.717) is 6.42 Å². The minimum atomic E-state index is -0.921. The summed E-state index contributed by atoms with van der Waals surface area (Å²) in [6, 6.07) is 10.0. The van der Waals surface area contributed by atoms with Gasteiger partial charge in [0.05, 0.1) is 5.41 Å². The van der Waals surface area contributed by atoms with Crippen molar-refractivity contribution in [3.05, 3.63) is 65.0 Å². The summed E-state index contributed by atoms with van der Waals surface area (Å²) >= 11 is 0. The van der Waals surface area contributed by atoms with Crippen molar-refractivity contribution in [1.29, 1.82) is 0 Å². The average Bonchev–Trinajstić information content (AvgIpc) is 2.55. The smallest absolute Gasteiger partial charge is 0.314 e. The first-order valence-electron chi connectivity index (χ1n) is 7.84. The fourth-order valence-corrected chi connectivity index (χ4v) is 3.29. The summed E-state index contributed by atoms with van der Waals surface area (Å²) in [7, 11) is 0. The first-order chi connectivity index (χ1) is 10.6. The minimum Gasteiger partial charge on any atom is -0.481 e. The van der Waals surface area contributed by atoms with Crippen molar-refractivity contribution in [3.8, 4) is 0 Å². The highest BCUT2D eigenvalue weighted by molar-refractivity contribution is 5.81. The molecule has 0 spiro atoms. The zero-order chi connectivity index (χ0) is 15.6. The van der Waals surface area contributed by atoms with Crippen LogP contribution in [0.5, 0.6) is 0 Å². The molecule has 1 aromatic heterocycles. The lowest BCUT2D eigenvalue weighted by atomic mass is 9.75. The number of aliphatic carboxylic acids is 1. The molecule has 2 aromatic rings. The van der Waals surface area contributed by atoms with Gasteiger partial charge < -0.3 is 5.11 Å². The lowest BCUT2D eigenvalue weighted by molar-refractivity contribution is -0.143. The topological polar surface area (TPSA) is 50.2 Å². The van der Waals surface area contributed by atoms with Crippen LogP contribution in [0, 0.1) is 0 Å². The van der Waals surface area contributed by atoms with Gasteiger partial charge in [-0.3, -0.25) is 9.78 Å². The van der Waals surface area contributed by atoms with Crippen LogP contribution in [-0.4, -0.2) is 16.1 Å². The normalized spacial score (nSPS) is 16.6. The number of fused-ring (bicyclic) bond motifs is 1. The maximum Gasteiger partial charge on any atom is 0.314 e. The van der Waals surface area contributed by atoms with E-state index in [1.807, 2.05) is 25.1 Å². The molecule has 0 bridgehead atoms. The Bertz CT molecular complexity index is 681. The SMILES string of the molecule is CC(Cc1cccnc1)(C(=O)O)c1ccc2c(c1)CCCC2. The standard InChI is InChI=1S/C19H21NO2/c1-19(18(21)22,12-14-5-4-10-20-13-14)17-9-8-15-6-2-3-7-16(15)11-17/h4-5,8-11,13H,2-3,6-7,12H2,1H3,(H,21,22). The Balaban J connectivity index is 1.98. The van der Waals surface area contributed by atoms with Gasteiger partial charge in [0.25, 0.3) is 0 Å². The number of carboxylic acids is 1. The largest absolute Gasteiger partial charge is 0.481 e. The van der Waals surface area contributed by atoms with Crippen molar-refractivity contribution in [3.63, 3.8) is 0 Å². The van der Waals surface area contributed by atoms with Crippen molar-refractivity contribution in [2.45, 2.75) is 44.4 Å². The van der Waals surface area contributed by atoms with Crippen molar-refractivity contribution < 1.29 is 9.90 Å². The third-order valence-corrected chi connectivity index (χ3v) is 4.74. The summed E-state index contributed by atoms with van der Waals surface area (Å²) in [5, 5.41) is 9.83. The highest BCUT2D eigenvalue weighted by Gasteiger charge is 2.36. The molecule has 0 radical (unpaired) electrons. The molecule has 1 unspecified atom stereocenters. The lowest BCUT2D eigenvalue weighted by Gasteiger charge is -2.27. The van der Waals surface area contributed by atoms with Crippen LogP contribution in [0.25, 0.3) is 0 Å². The van der Waals surface area contributed by atoms with E-state index >= 15 is 0 Å². The summed E-state index contributed by atoms with van der Waals surface area (Å²) in [6.07, 6.45) is 8.52. The van der Waals surface area contributed by atoms with Gasteiger partial charge >= 0.3 is 5.97 Å².